The molecule has 0 aliphatic carbocycles. The number of hydrogen-bond acceptors (Lipinski definition) is 8. The summed E-state index contributed by atoms with van der Waals surface area (Å²) in [4.78, 5) is 44.7. The molecule has 2 N–H and O–H groups in total. The summed E-state index contributed by atoms with van der Waals surface area (Å²) in [5, 5.41) is 21.2. The molecule has 6 rings (SSSR count). The quantitative estimate of drug-likeness (QED) is 0.222. The number of halogens is 6. The molecule has 1 aromatic carbocycles. The Bertz CT molecular complexity index is 2290. The summed E-state index contributed by atoms with van der Waals surface area (Å²) in [6.45, 7) is -1.22. The summed E-state index contributed by atoms with van der Waals surface area (Å²) in [5.74, 6) is -5.22. The van der Waals surface area contributed by atoms with E-state index < -0.39 is 61.2 Å². The minimum Gasteiger partial charge on any atom is -0.475 e. The standard InChI is InChI=1S/C28H24Cl2FN9O2.C2HF3O2/c1-15-4-3-5-21(18-10-16(8-9-32-18)27-20(35-28(15)42)12-34-38(27)2)39-14-33-19(11-24(39)41)25-22(7-6-17(29)26(25)31)40-13-23(30)36-37-40;3-2(4,5)1(6)7/h6-15,21H,3-5H2,1-2H3,(H,35,42);(H,6,7)/t15-,21+;/m1./s1/i2D3,3D,4D;/t3?,4?,15-,21+;. The first-order valence-electron chi connectivity index (χ1n) is 16.5. The number of benzene rings is 1. The molecular weight excluding hydrogens is 697 g/mol. The van der Waals surface area contributed by atoms with Gasteiger partial charge in [-0.15, -0.1) is 5.10 Å². The maximum Gasteiger partial charge on any atom is 0.490 e. The molecule has 5 aromatic rings. The van der Waals surface area contributed by atoms with Crippen molar-refractivity contribution in [1.29, 1.82) is 0 Å². The Hall–Kier alpha value is -5.16. The SMILES string of the molecule is O=C(O)C(F)(F)F.[2H]C1C[C@H](n2cnc(-c3c(-n4cc(Cl)nn4)ccc(Cl)c3F)cc2=O)c2cc(ccn2)-c2c(cnn2C([2H])([2H])[2H])NC(=O)[C@H](C)C1[2H]. The van der Waals surface area contributed by atoms with E-state index in [2.05, 4.69) is 30.7 Å². The number of carboxylic acids is 1. The van der Waals surface area contributed by atoms with Crippen LogP contribution in [0.1, 0.15) is 44.7 Å². The Kier molecular flexibility index (Phi) is 8.31. The first-order valence-corrected chi connectivity index (χ1v) is 14.6. The third-order valence-electron chi connectivity index (χ3n) is 7.08. The molecule has 49 heavy (non-hydrogen) atoms. The van der Waals surface area contributed by atoms with Gasteiger partial charge in [0.25, 0.3) is 5.56 Å². The van der Waals surface area contributed by atoms with Gasteiger partial charge in [0.2, 0.25) is 5.91 Å². The monoisotopic (exact) mass is 726 g/mol. The molecule has 256 valence electrons. The number of carboxylic acid groups (broad SMARTS) is 1. The zero-order valence-electron chi connectivity index (χ0n) is 29.7. The summed E-state index contributed by atoms with van der Waals surface area (Å²) >= 11 is 12.0. The Labute approximate surface area is 291 Å². The maximum absolute atomic E-state index is 15.5. The van der Waals surface area contributed by atoms with E-state index in [1.165, 1.54) is 65.4 Å². The number of alkyl halides is 3. The van der Waals surface area contributed by atoms with Crippen LogP contribution in [0.15, 0.2) is 60.0 Å². The van der Waals surface area contributed by atoms with Gasteiger partial charge in [-0.1, -0.05) is 41.7 Å². The molecule has 1 amide bonds. The molecule has 1 aliphatic heterocycles. The highest BCUT2D eigenvalue weighted by atomic mass is 35.5. The average Bonchev–Trinajstić information content (AvgIpc) is 3.73. The fourth-order valence-electron chi connectivity index (χ4n) is 4.73. The molecule has 4 aromatic heterocycles. The molecule has 0 saturated carbocycles. The van der Waals surface area contributed by atoms with E-state index in [0.717, 1.165) is 10.7 Å². The van der Waals surface area contributed by atoms with E-state index in [9.17, 15) is 22.8 Å². The third-order valence-corrected chi connectivity index (χ3v) is 7.54. The van der Waals surface area contributed by atoms with Crippen LogP contribution >= 0.6 is 23.2 Å². The van der Waals surface area contributed by atoms with Crippen molar-refractivity contribution in [2.45, 2.75) is 38.4 Å². The molecule has 4 atom stereocenters. The number of aliphatic carboxylic acids is 1. The van der Waals surface area contributed by atoms with E-state index in [1.54, 1.807) is 0 Å². The highest BCUT2D eigenvalue weighted by molar-refractivity contribution is 6.31. The fourth-order valence-corrected chi connectivity index (χ4v) is 5.02. The van der Waals surface area contributed by atoms with E-state index in [1.807, 2.05) is 0 Å². The summed E-state index contributed by atoms with van der Waals surface area (Å²) in [6, 6.07) is 5.92. The number of amides is 1. The van der Waals surface area contributed by atoms with Crippen LogP contribution in [0, 0.1) is 11.7 Å². The zero-order chi connectivity index (χ0) is 39.9. The molecule has 0 fully saturated rings. The maximum atomic E-state index is 15.5. The van der Waals surface area contributed by atoms with Crippen molar-refractivity contribution in [3.05, 3.63) is 87.3 Å². The Morgan fingerprint density at radius 1 is 1.18 bits per heavy atom. The van der Waals surface area contributed by atoms with E-state index >= 15 is 4.39 Å². The largest absolute Gasteiger partial charge is 0.490 e. The van der Waals surface area contributed by atoms with Gasteiger partial charge in [-0.2, -0.15) is 18.3 Å². The van der Waals surface area contributed by atoms with Crippen LogP contribution in [0.5, 0.6) is 0 Å². The van der Waals surface area contributed by atoms with Gasteiger partial charge >= 0.3 is 12.1 Å². The van der Waals surface area contributed by atoms with Gasteiger partial charge in [0.1, 0.15) is 0 Å². The van der Waals surface area contributed by atoms with Crippen LogP contribution in [-0.4, -0.2) is 62.5 Å². The van der Waals surface area contributed by atoms with Gasteiger partial charge < -0.3 is 10.4 Å². The average molecular weight is 728 g/mol. The lowest BCUT2D eigenvalue weighted by Gasteiger charge is -2.22. The molecule has 19 heteroatoms. The molecule has 1 aliphatic rings. The lowest BCUT2D eigenvalue weighted by Crippen LogP contribution is -2.27. The van der Waals surface area contributed by atoms with Gasteiger partial charge in [-0.05, 0) is 37.1 Å². The number of pyridine rings is 1. The number of carbonyl (C=O) groups excluding carboxylic acids is 1. The highest BCUT2D eigenvalue weighted by Gasteiger charge is 2.38. The number of carbonyl (C=O) groups is 2. The third kappa shape index (κ3) is 7.62. The number of nitrogens with zero attached hydrogens (tertiary/aromatic N) is 8. The van der Waals surface area contributed by atoms with Crippen LogP contribution in [0.25, 0.3) is 28.2 Å². The summed E-state index contributed by atoms with van der Waals surface area (Å²) in [5.41, 5.74) is 0.00221. The Morgan fingerprint density at radius 2 is 1.94 bits per heavy atom. The summed E-state index contributed by atoms with van der Waals surface area (Å²) in [6.07, 6.45) is -2.55. The molecular formula is C30H25Cl2F4N9O4. The highest BCUT2D eigenvalue weighted by Crippen LogP contribution is 2.34. The van der Waals surface area contributed by atoms with Crippen LogP contribution < -0.4 is 10.9 Å². The number of aryl methyl sites for hydroxylation is 1. The van der Waals surface area contributed by atoms with Crippen LogP contribution in [0.3, 0.4) is 0 Å². The number of aromatic nitrogens is 8. The first-order chi connectivity index (χ1) is 25.2. The van der Waals surface area contributed by atoms with Gasteiger partial charge in [0, 0.05) is 37.6 Å². The summed E-state index contributed by atoms with van der Waals surface area (Å²) in [7, 11) is 0. The van der Waals surface area contributed by atoms with Crippen molar-refractivity contribution in [3.8, 4) is 28.2 Å². The minimum atomic E-state index is -5.08. The number of hydrogen-bond donors (Lipinski definition) is 2. The number of fused-ring (bicyclic) bond motifs is 4. The second-order valence-electron chi connectivity index (χ2n) is 10.3. The van der Waals surface area contributed by atoms with Crippen LogP contribution in [0.4, 0.5) is 23.2 Å². The summed E-state index contributed by atoms with van der Waals surface area (Å²) < 4.78 is 91.9. The predicted molar refractivity (Wildman–Crippen MR) is 169 cm³/mol. The topological polar surface area (TPSA) is 163 Å². The first kappa shape index (κ1) is 28.8. The van der Waals surface area contributed by atoms with Crippen molar-refractivity contribution >= 4 is 40.8 Å². The predicted octanol–water partition coefficient (Wildman–Crippen LogP) is 5.71. The van der Waals surface area contributed by atoms with Gasteiger partial charge in [-0.25, -0.2) is 18.9 Å². The van der Waals surface area contributed by atoms with E-state index in [0.29, 0.717) is 5.56 Å². The van der Waals surface area contributed by atoms with E-state index in [4.69, 9.17) is 40.0 Å². The van der Waals surface area contributed by atoms with Crippen LogP contribution in [-0.2, 0) is 16.6 Å². The molecule has 0 spiro atoms. The minimum absolute atomic E-state index is 0.0467. The molecule has 0 radical (unpaired) electrons. The van der Waals surface area contributed by atoms with Gasteiger partial charge in [0.05, 0.1) is 63.8 Å². The van der Waals surface area contributed by atoms with Crippen molar-refractivity contribution in [2.24, 2.45) is 12.9 Å². The second-order valence-corrected chi connectivity index (χ2v) is 11.1. The lowest BCUT2D eigenvalue weighted by atomic mass is 9.97. The smallest absolute Gasteiger partial charge is 0.475 e. The van der Waals surface area contributed by atoms with Crippen molar-refractivity contribution in [1.82, 2.24) is 39.3 Å². The molecule has 5 heterocycles. The number of anilines is 1. The number of nitrogens with one attached hydrogen (secondary N) is 1. The zero-order valence-corrected chi connectivity index (χ0v) is 26.2. The van der Waals surface area contributed by atoms with E-state index in [-0.39, 0.29) is 50.6 Å². The van der Waals surface area contributed by atoms with Crippen molar-refractivity contribution < 1.29 is 39.1 Å². The van der Waals surface area contributed by atoms with Crippen molar-refractivity contribution in [2.75, 3.05) is 5.32 Å². The molecule has 2 unspecified atom stereocenters. The van der Waals surface area contributed by atoms with Gasteiger partial charge in [0.15, 0.2) is 11.0 Å². The van der Waals surface area contributed by atoms with Crippen LogP contribution in [0.2, 0.25) is 10.2 Å². The molecule has 0 saturated heterocycles. The fraction of sp³-hybridized carbons (Fsp3) is 0.267. The van der Waals surface area contributed by atoms with Crippen molar-refractivity contribution in [3.63, 3.8) is 0 Å². The normalized spacial score (nSPS) is 21.1. The Balaban J connectivity index is 0.000000730. The second kappa shape index (κ2) is 14.1. The molecule has 2 bridgehead atoms. The number of rotatable bonds is 3. The van der Waals surface area contributed by atoms with Gasteiger partial charge in [-0.3, -0.25) is 23.8 Å². The molecule has 13 nitrogen and oxygen atoms in total. The lowest BCUT2D eigenvalue weighted by molar-refractivity contribution is -0.192. The Morgan fingerprint density at radius 3 is 2.59 bits per heavy atom.